The molecule has 0 bridgehead atoms. The molecule has 0 unspecified atom stereocenters. The molecule has 0 nitrogen and oxygen atoms in total. The van der Waals surface area contributed by atoms with Gasteiger partial charge in [0, 0.05) is 0 Å². The Morgan fingerprint density at radius 2 is 2.00 bits per heavy atom. The Morgan fingerprint density at radius 3 is 2.64 bits per heavy atom. The number of hydrogen-bond acceptors (Lipinski definition) is 0. The predicted molar refractivity (Wildman–Crippen MR) is 63.5 cm³/mol. The third-order valence-electron chi connectivity index (χ3n) is 2.70. The second kappa shape index (κ2) is 5.85. The molecule has 1 radical (unpaired) electrons. The van der Waals surface area contributed by atoms with Crippen molar-refractivity contribution in [1.82, 2.24) is 0 Å². The van der Waals surface area contributed by atoms with Gasteiger partial charge in [-0.25, -0.2) is 0 Å². The Labute approximate surface area is 88.4 Å². The fraction of sp³-hybridized carbons (Fsp3) is 0.500. The first-order valence-corrected chi connectivity index (χ1v) is 5.66. The van der Waals surface area contributed by atoms with Gasteiger partial charge in [-0.15, -0.1) is 0 Å². The highest BCUT2D eigenvalue weighted by Gasteiger charge is 2.03. The van der Waals surface area contributed by atoms with Gasteiger partial charge in [0.2, 0.25) is 0 Å². The van der Waals surface area contributed by atoms with Crippen molar-refractivity contribution in [1.29, 1.82) is 0 Å². The van der Waals surface area contributed by atoms with Crippen LogP contribution in [0, 0.1) is 13.8 Å². The van der Waals surface area contributed by atoms with E-state index in [1.807, 2.05) is 0 Å². The molecule has 1 aromatic carbocycles. The summed E-state index contributed by atoms with van der Waals surface area (Å²) in [5.41, 5.74) is 4.56. The first-order chi connectivity index (χ1) is 6.79. The molecule has 0 fully saturated rings. The molecule has 14 heavy (non-hydrogen) atoms. The van der Waals surface area contributed by atoms with Crippen LogP contribution < -0.4 is 0 Å². The third-order valence-corrected chi connectivity index (χ3v) is 2.70. The summed E-state index contributed by atoms with van der Waals surface area (Å²) >= 11 is 0. The SMILES string of the molecule is [CH2]CCCc1c(C)cccc1CCC. The topological polar surface area (TPSA) is 0 Å². The Kier molecular flexibility index (Phi) is 4.72. The van der Waals surface area contributed by atoms with E-state index in [9.17, 15) is 0 Å². The van der Waals surface area contributed by atoms with Gasteiger partial charge in [0.1, 0.15) is 0 Å². The number of unbranched alkanes of at least 4 members (excludes halogenated alkanes) is 1. The second-order valence-corrected chi connectivity index (χ2v) is 3.92. The number of aryl methyl sites for hydroxylation is 2. The molecule has 77 valence electrons. The van der Waals surface area contributed by atoms with E-state index in [1.165, 1.54) is 31.2 Å². The third kappa shape index (κ3) is 2.87. The van der Waals surface area contributed by atoms with Crippen LogP contribution in [0.5, 0.6) is 0 Å². The molecular weight excluding hydrogens is 168 g/mol. The van der Waals surface area contributed by atoms with E-state index in [4.69, 9.17) is 0 Å². The molecule has 0 spiro atoms. The van der Waals surface area contributed by atoms with Crippen molar-refractivity contribution in [3.05, 3.63) is 41.8 Å². The van der Waals surface area contributed by atoms with E-state index < -0.39 is 0 Å². The molecule has 0 heteroatoms. The van der Waals surface area contributed by atoms with Crippen molar-refractivity contribution in [2.45, 2.75) is 46.0 Å². The van der Waals surface area contributed by atoms with Gasteiger partial charge >= 0.3 is 0 Å². The standard InChI is InChI=1S/C14H21/c1-4-6-11-14-12(3)9-7-10-13(14)8-5-2/h7,9-10H,1,4-6,8,11H2,2-3H3. The van der Waals surface area contributed by atoms with Crippen molar-refractivity contribution in [3.63, 3.8) is 0 Å². The molecule has 1 rings (SSSR count). The van der Waals surface area contributed by atoms with Crippen LogP contribution >= 0.6 is 0 Å². The minimum absolute atomic E-state index is 1.04. The van der Waals surface area contributed by atoms with Gasteiger partial charge in [-0.05, 0) is 42.9 Å². The summed E-state index contributed by atoms with van der Waals surface area (Å²) in [4.78, 5) is 0. The van der Waals surface area contributed by atoms with E-state index in [-0.39, 0.29) is 0 Å². The Hall–Kier alpha value is -0.780. The lowest BCUT2D eigenvalue weighted by molar-refractivity contribution is 0.810. The van der Waals surface area contributed by atoms with Crippen LogP contribution in [0.4, 0.5) is 0 Å². The summed E-state index contributed by atoms with van der Waals surface area (Å²) in [5.74, 6) is 0. The summed E-state index contributed by atoms with van der Waals surface area (Å²) in [6.45, 7) is 8.37. The maximum absolute atomic E-state index is 3.91. The highest BCUT2D eigenvalue weighted by molar-refractivity contribution is 5.34. The molecule has 0 aromatic heterocycles. The van der Waals surface area contributed by atoms with Crippen molar-refractivity contribution in [2.24, 2.45) is 0 Å². The van der Waals surface area contributed by atoms with Crippen LogP contribution in [0.25, 0.3) is 0 Å². The molecule has 0 amide bonds. The van der Waals surface area contributed by atoms with Gasteiger partial charge in [-0.2, -0.15) is 0 Å². The lowest BCUT2D eigenvalue weighted by atomic mass is 9.95. The van der Waals surface area contributed by atoms with E-state index in [0.717, 1.165) is 6.42 Å². The van der Waals surface area contributed by atoms with Gasteiger partial charge in [0.05, 0.1) is 0 Å². The smallest absolute Gasteiger partial charge is 0.0274 e. The highest BCUT2D eigenvalue weighted by atomic mass is 14.1. The monoisotopic (exact) mass is 189 g/mol. The maximum Gasteiger partial charge on any atom is -0.0274 e. The fourth-order valence-electron chi connectivity index (χ4n) is 1.93. The quantitative estimate of drug-likeness (QED) is 0.654. The minimum atomic E-state index is 1.04. The summed E-state index contributed by atoms with van der Waals surface area (Å²) in [6, 6.07) is 6.67. The fourth-order valence-corrected chi connectivity index (χ4v) is 1.93. The maximum atomic E-state index is 3.91. The van der Waals surface area contributed by atoms with Gasteiger partial charge < -0.3 is 0 Å². The van der Waals surface area contributed by atoms with E-state index in [1.54, 1.807) is 11.1 Å². The Bertz CT molecular complexity index is 273. The molecule has 0 heterocycles. The van der Waals surface area contributed by atoms with Crippen molar-refractivity contribution in [2.75, 3.05) is 0 Å². The predicted octanol–water partition coefficient (Wildman–Crippen LogP) is 4.10. The Morgan fingerprint density at radius 1 is 1.21 bits per heavy atom. The molecule has 0 aliphatic carbocycles. The summed E-state index contributed by atoms with van der Waals surface area (Å²) in [5, 5.41) is 0. The zero-order valence-corrected chi connectivity index (χ0v) is 9.47. The van der Waals surface area contributed by atoms with E-state index >= 15 is 0 Å². The highest BCUT2D eigenvalue weighted by Crippen LogP contribution is 2.18. The van der Waals surface area contributed by atoms with Crippen LogP contribution in [0.15, 0.2) is 18.2 Å². The summed E-state index contributed by atoms with van der Waals surface area (Å²) < 4.78 is 0. The van der Waals surface area contributed by atoms with Crippen molar-refractivity contribution >= 4 is 0 Å². The molecule has 0 atom stereocenters. The number of benzene rings is 1. The minimum Gasteiger partial charge on any atom is -0.0651 e. The normalized spacial score (nSPS) is 10.5. The number of rotatable bonds is 5. The average molecular weight is 189 g/mol. The van der Waals surface area contributed by atoms with Crippen LogP contribution in [0.2, 0.25) is 0 Å². The summed E-state index contributed by atoms with van der Waals surface area (Å²) in [6.07, 6.45) is 5.90. The lowest BCUT2D eigenvalue weighted by Gasteiger charge is -2.11. The van der Waals surface area contributed by atoms with Crippen molar-refractivity contribution < 1.29 is 0 Å². The zero-order valence-electron chi connectivity index (χ0n) is 9.47. The van der Waals surface area contributed by atoms with Crippen molar-refractivity contribution in [3.8, 4) is 0 Å². The lowest BCUT2D eigenvalue weighted by Crippen LogP contribution is -1.97. The van der Waals surface area contributed by atoms with Crippen LogP contribution in [0.3, 0.4) is 0 Å². The molecule has 1 aromatic rings. The largest absolute Gasteiger partial charge is 0.0651 e. The summed E-state index contributed by atoms with van der Waals surface area (Å²) in [7, 11) is 0. The van der Waals surface area contributed by atoms with Crippen LogP contribution in [-0.4, -0.2) is 0 Å². The van der Waals surface area contributed by atoms with Crippen LogP contribution in [-0.2, 0) is 12.8 Å². The molecule has 0 N–H and O–H groups in total. The molecule has 0 saturated heterocycles. The Balaban J connectivity index is 2.84. The number of hydrogen-bond donors (Lipinski definition) is 0. The first kappa shape index (κ1) is 11.3. The molecular formula is C14H21. The zero-order chi connectivity index (χ0) is 10.4. The first-order valence-electron chi connectivity index (χ1n) is 5.66. The second-order valence-electron chi connectivity index (χ2n) is 3.92. The molecule has 0 saturated carbocycles. The van der Waals surface area contributed by atoms with Gasteiger partial charge in [-0.1, -0.05) is 44.9 Å². The van der Waals surface area contributed by atoms with Gasteiger partial charge in [0.15, 0.2) is 0 Å². The van der Waals surface area contributed by atoms with Gasteiger partial charge in [0.25, 0.3) is 0 Å². The molecule has 0 aliphatic heterocycles. The average Bonchev–Trinajstić information content (AvgIpc) is 2.18. The van der Waals surface area contributed by atoms with E-state index in [2.05, 4.69) is 39.0 Å². The van der Waals surface area contributed by atoms with Crippen LogP contribution in [0.1, 0.15) is 42.9 Å². The van der Waals surface area contributed by atoms with E-state index in [0.29, 0.717) is 0 Å². The molecule has 0 aliphatic rings. The van der Waals surface area contributed by atoms with Gasteiger partial charge in [-0.3, -0.25) is 0 Å².